The fraction of sp³-hybridized carbons (Fsp3) is 0.806. The lowest BCUT2D eigenvalue weighted by atomic mass is 10.0. The molecule has 0 aliphatic rings. The van der Waals surface area contributed by atoms with Crippen molar-refractivity contribution in [3.63, 3.8) is 0 Å². The summed E-state index contributed by atoms with van der Waals surface area (Å²) in [5.41, 5.74) is 0. The fourth-order valence-corrected chi connectivity index (χ4v) is 4.70. The fourth-order valence-electron chi connectivity index (χ4n) is 4.63. The van der Waals surface area contributed by atoms with Crippen LogP contribution in [0.5, 0.6) is 0 Å². The Morgan fingerprint density at radius 3 is 1.14 bits per heavy atom. The molecule has 0 spiro atoms. The first-order valence-electron chi connectivity index (χ1n) is 18.5. The first-order chi connectivity index (χ1) is 23.9. The number of carboxylic acids is 2. The van der Waals surface area contributed by atoms with E-state index >= 15 is 0 Å². The van der Waals surface area contributed by atoms with Crippen molar-refractivity contribution in [2.24, 2.45) is 0 Å². The van der Waals surface area contributed by atoms with E-state index < -0.39 is 52.9 Å². The number of carbonyl (C=O) groups excluding carboxylic acids is 4. The number of hydrogen-bond donors (Lipinski definition) is 7. The van der Waals surface area contributed by atoms with Crippen LogP contribution in [0.2, 0.25) is 0 Å². The molecule has 0 rings (SSSR count). The van der Waals surface area contributed by atoms with E-state index in [1.54, 1.807) is 0 Å². The molecule has 0 aromatic heterocycles. The number of hydrogen-bond acceptors (Lipinski definition) is 7. The van der Waals surface area contributed by atoms with Gasteiger partial charge in [-0.3, -0.25) is 24.0 Å². The van der Waals surface area contributed by atoms with Gasteiger partial charge in [-0.2, -0.15) is 0 Å². The Morgan fingerprint density at radius 2 is 0.840 bits per heavy atom. The largest absolute Gasteiger partial charge is 0.483 e. The monoisotopic (exact) mass is 735 g/mol. The molecule has 0 radical (unpaired) electrons. The smallest absolute Gasteiger partial charge is 0.326 e. The van der Waals surface area contributed by atoms with E-state index in [9.17, 15) is 39.0 Å². The van der Waals surface area contributed by atoms with Crippen molar-refractivity contribution in [1.82, 2.24) is 16.0 Å². The van der Waals surface area contributed by atoms with Crippen LogP contribution in [0, 0.1) is 0 Å². The second-order valence-corrected chi connectivity index (χ2v) is 11.9. The van der Waals surface area contributed by atoms with Gasteiger partial charge in [0.05, 0.1) is 6.04 Å². The van der Waals surface area contributed by atoms with Gasteiger partial charge in [0, 0.05) is 19.3 Å². The average molecular weight is 736 g/mol. The number of nitrogens with one attached hydrogen (secondary N) is 3. The van der Waals surface area contributed by atoms with E-state index in [4.69, 9.17) is 9.90 Å². The minimum Gasteiger partial charge on any atom is -0.483 e. The lowest BCUT2D eigenvalue weighted by Gasteiger charge is -2.17. The van der Waals surface area contributed by atoms with E-state index in [1.807, 2.05) is 27.7 Å². The van der Waals surface area contributed by atoms with Gasteiger partial charge in [-0.05, 0) is 26.2 Å². The maximum atomic E-state index is 12.3. The SMILES string of the molecule is CC.CC.CCCCCCCCCCCCCCCCCC(=O)NC(CCC(=O)N[C@@H](CCC(=O)NC(C)C(=O)S)C(=O)O)C(=O)O.O=CO. The van der Waals surface area contributed by atoms with Gasteiger partial charge in [-0.25, -0.2) is 9.59 Å². The van der Waals surface area contributed by atoms with Gasteiger partial charge in [0.1, 0.15) is 12.1 Å². The first-order valence-corrected chi connectivity index (χ1v) is 19.0. The molecule has 0 saturated heterocycles. The molecule has 2 unspecified atom stereocenters. The minimum absolute atomic E-state index is 0.203. The summed E-state index contributed by atoms with van der Waals surface area (Å²) in [5, 5.41) is 32.2. The molecule has 0 aromatic rings. The summed E-state index contributed by atoms with van der Waals surface area (Å²) in [4.78, 5) is 79.0. The Morgan fingerprint density at radius 1 is 0.560 bits per heavy atom. The van der Waals surface area contributed by atoms with Gasteiger partial charge in [0.25, 0.3) is 6.47 Å². The summed E-state index contributed by atoms with van der Waals surface area (Å²) >= 11 is 3.61. The third-order valence-electron chi connectivity index (χ3n) is 7.34. The van der Waals surface area contributed by atoms with Gasteiger partial charge in [-0.15, -0.1) is 12.6 Å². The Hall–Kier alpha value is -3.16. The summed E-state index contributed by atoms with van der Waals surface area (Å²) in [5.74, 6) is -4.32. The number of carbonyl (C=O) groups is 7. The zero-order valence-corrected chi connectivity index (χ0v) is 32.5. The molecule has 6 N–H and O–H groups in total. The Bertz CT molecular complexity index is 905. The van der Waals surface area contributed by atoms with Gasteiger partial charge in [-0.1, -0.05) is 125 Å². The lowest BCUT2D eigenvalue weighted by molar-refractivity contribution is -0.143. The van der Waals surface area contributed by atoms with Crippen LogP contribution in [0.15, 0.2) is 0 Å². The average Bonchev–Trinajstić information content (AvgIpc) is 3.08. The highest BCUT2D eigenvalue weighted by molar-refractivity contribution is 7.96. The van der Waals surface area contributed by atoms with Crippen LogP contribution in [-0.2, 0) is 33.6 Å². The molecule has 0 heterocycles. The summed E-state index contributed by atoms with van der Waals surface area (Å²) in [6.07, 6.45) is 17.3. The quantitative estimate of drug-likeness (QED) is 0.0258. The molecule has 294 valence electrons. The molecule has 0 aromatic carbocycles. The maximum absolute atomic E-state index is 12.3. The molecule has 0 aliphatic heterocycles. The Kier molecular flexibility index (Phi) is 43.2. The second kappa shape index (κ2) is 40.3. The predicted octanol–water partition coefficient (Wildman–Crippen LogP) is 6.66. The number of unbranched alkanes of at least 4 members (excludes halogenated alkanes) is 14. The van der Waals surface area contributed by atoms with Crippen molar-refractivity contribution in [2.75, 3.05) is 0 Å². The highest BCUT2D eigenvalue weighted by atomic mass is 32.1. The van der Waals surface area contributed by atoms with Gasteiger partial charge < -0.3 is 31.3 Å². The zero-order valence-electron chi connectivity index (χ0n) is 31.6. The minimum atomic E-state index is -1.37. The zero-order chi connectivity index (χ0) is 39.2. The van der Waals surface area contributed by atoms with Crippen LogP contribution in [0.1, 0.15) is 170 Å². The molecule has 0 saturated carbocycles. The molecule has 14 heteroatoms. The van der Waals surface area contributed by atoms with Crippen molar-refractivity contribution >= 4 is 53.9 Å². The van der Waals surface area contributed by atoms with Crippen LogP contribution < -0.4 is 16.0 Å². The molecular weight excluding hydrogens is 666 g/mol. The van der Waals surface area contributed by atoms with Crippen LogP contribution in [0.25, 0.3) is 0 Å². The summed E-state index contributed by atoms with van der Waals surface area (Å²) in [7, 11) is 0. The number of carboxylic acid groups (broad SMARTS) is 3. The summed E-state index contributed by atoms with van der Waals surface area (Å²) < 4.78 is 0. The lowest BCUT2D eigenvalue weighted by Crippen LogP contribution is -2.44. The third-order valence-corrected chi connectivity index (χ3v) is 7.73. The second-order valence-electron chi connectivity index (χ2n) is 11.4. The van der Waals surface area contributed by atoms with E-state index in [-0.39, 0.29) is 38.6 Å². The van der Waals surface area contributed by atoms with Crippen molar-refractivity contribution in [2.45, 2.75) is 188 Å². The standard InChI is InChI=1S/C31H55N3O8S.2C2H6.CH2O2/c1-3-4-5-6-7-8-9-10-11-12-13-14-15-16-17-18-26(35)33-24(29(38)39)20-22-28(37)34-25(30(40)41)19-21-27(36)32-23(2)31(42)43;2*1-2;2-1-3/h23-25H,3-22H2,1-2H3,(H,32,36)(H,33,35)(H,34,37)(H,38,39)(H,40,41)(H,42,43);2*1-2H3;1H,(H,2,3)/t23?,24?,25-;;;/m0.../s1. The highest BCUT2D eigenvalue weighted by Crippen LogP contribution is 2.14. The number of amides is 3. The van der Waals surface area contributed by atoms with Crippen molar-refractivity contribution < 1.29 is 48.9 Å². The normalized spacial score (nSPS) is 11.7. The van der Waals surface area contributed by atoms with Gasteiger partial charge in [0.2, 0.25) is 22.8 Å². The topological polar surface area (TPSA) is 216 Å². The predicted molar refractivity (Wildman–Crippen MR) is 200 cm³/mol. The van der Waals surface area contributed by atoms with Crippen LogP contribution in [0.4, 0.5) is 0 Å². The Balaban J connectivity index is -0.00000140. The van der Waals surface area contributed by atoms with Crippen LogP contribution >= 0.6 is 12.6 Å². The maximum Gasteiger partial charge on any atom is 0.326 e. The highest BCUT2D eigenvalue weighted by Gasteiger charge is 2.25. The van der Waals surface area contributed by atoms with E-state index in [0.29, 0.717) is 6.42 Å². The van der Waals surface area contributed by atoms with Crippen LogP contribution in [0.3, 0.4) is 0 Å². The molecule has 3 atom stereocenters. The van der Waals surface area contributed by atoms with Gasteiger partial charge in [0.15, 0.2) is 0 Å². The van der Waals surface area contributed by atoms with Gasteiger partial charge >= 0.3 is 11.9 Å². The number of aliphatic carboxylic acids is 2. The molecule has 50 heavy (non-hydrogen) atoms. The van der Waals surface area contributed by atoms with E-state index in [1.165, 1.54) is 77.6 Å². The van der Waals surface area contributed by atoms with Crippen LogP contribution in [-0.4, -0.2) is 74.7 Å². The van der Waals surface area contributed by atoms with E-state index in [0.717, 1.165) is 19.3 Å². The molecule has 13 nitrogen and oxygen atoms in total. The summed E-state index contributed by atoms with van der Waals surface area (Å²) in [6.45, 7) is 11.4. The Labute approximate surface area is 306 Å². The molecule has 0 bridgehead atoms. The molecule has 0 fully saturated rings. The van der Waals surface area contributed by atoms with Crippen molar-refractivity contribution in [3.05, 3.63) is 0 Å². The first kappa shape index (κ1) is 53.6. The molecular formula is C36H69N3O10S. The van der Waals surface area contributed by atoms with Crippen molar-refractivity contribution in [1.29, 1.82) is 0 Å². The summed E-state index contributed by atoms with van der Waals surface area (Å²) in [6, 6.07) is -3.48. The van der Waals surface area contributed by atoms with Crippen molar-refractivity contribution in [3.8, 4) is 0 Å². The molecule has 0 aliphatic carbocycles. The number of thiol groups is 1. The van der Waals surface area contributed by atoms with E-state index in [2.05, 4.69) is 35.5 Å². The molecule has 3 amide bonds. The third kappa shape index (κ3) is 37.7. The number of rotatable bonds is 28.